The quantitative estimate of drug-likeness (QED) is 0.760. The molecular formula is C16H18FN5. The van der Waals surface area contributed by atoms with E-state index in [0.717, 1.165) is 24.3 Å². The molecule has 0 fully saturated rings. The molecule has 1 N–H and O–H groups in total. The predicted molar refractivity (Wildman–Crippen MR) is 82.1 cm³/mol. The monoisotopic (exact) mass is 299 g/mol. The van der Waals surface area contributed by atoms with Crippen LogP contribution in [0.5, 0.6) is 0 Å². The van der Waals surface area contributed by atoms with Crippen LogP contribution in [0, 0.1) is 5.82 Å². The molecule has 0 spiro atoms. The Kier molecular flexibility index (Phi) is 4.29. The lowest BCUT2D eigenvalue weighted by Gasteiger charge is -2.12. The van der Waals surface area contributed by atoms with Crippen LogP contribution in [0.25, 0.3) is 5.69 Å². The third-order valence-electron chi connectivity index (χ3n) is 3.40. The first-order valence-corrected chi connectivity index (χ1v) is 7.21. The molecule has 0 saturated heterocycles. The smallest absolute Gasteiger partial charge is 0.123 e. The molecule has 3 rings (SSSR count). The number of aromatic nitrogens is 4. The summed E-state index contributed by atoms with van der Waals surface area (Å²) in [6.45, 7) is 3.66. The molecule has 1 aromatic carbocycles. The molecule has 6 heteroatoms. The van der Waals surface area contributed by atoms with Gasteiger partial charge < -0.3 is 5.32 Å². The summed E-state index contributed by atoms with van der Waals surface area (Å²) < 4.78 is 16.6. The SMILES string of the molecule is C[C@@H](Cn1cccn1)NCc1cnn(-c2ccc(F)cc2)c1. The Morgan fingerprint density at radius 2 is 2.05 bits per heavy atom. The maximum atomic E-state index is 12.9. The van der Waals surface area contributed by atoms with Gasteiger partial charge in [0.2, 0.25) is 0 Å². The van der Waals surface area contributed by atoms with Crippen molar-refractivity contribution in [3.63, 3.8) is 0 Å². The van der Waals surface area contributed by atoms with Gasteiger partial charge in [-0.1, -0.05) is 0 Å². The molecule has 3 aromatic rings. The van der Waals surface area contributed by atoms with Crippen LogP contribution in [0.4, 0.5) is 4.39 Å². The second-order valence-corrected chi connectivity index (χ2v) is 5.28. The second-order valence-electron chi connectivity index (χ2n) is 5.28. The third kappa shape index (κ3) is 3.59. The zero-order valence-corrected chi connectivity index (χ0v) is 12.4. The van der Waals surface area contributed by atoms with Crippen molar-refractivity contribution in [2.45, 2.75) is 26.1 Å². The van der Waals surface area contributed by atoms with Gasteiger partial charge in [-0.25, -0.2) is 9.07 Å². The maximum Gasteiger partial charge on any atom is 0.123 e. The van der Waals surface area contributed by atoms with Crippen molar-refractivity contribution in [2.24, 2.45) is 0 Å². The molecule has 2 aromatic heterocycles. The van der Waals surface area contributed by atoms with Crippen molar-refractivity contribution in [1.29, 1.82) is 0 Å². The number of nitrogens with zero attached hydrogens (tertiary/aromatic N) is 4. The molecule has 22 heavy (non-hydrogen) atoms. The highest BCUT2D eigenvalue weighted by molar-refractivity contribution is 5.31. The summed E-state index contributed by atoms with van der Waals surface area (Å²) in [5.41, 5.74) is 1.92. The highest BCUT2D eigenvalue weighted by atomic mass is 19.1. The minimum Gasteiger partial charge on any atom is -0.308 e. The molecule has 0 aliphatic carbocycles. The number of benzene rings is 1. The molecule has 0 radical (unpaired) electrons. The average molecular weight is 299 g/mol. The number of hydrogen-bond donors (Lipinski definition) is 1. The summed E-state index contributed by atoms with van der Waals surface area (Å²) in [6.07, 6.45) is 7.49. The van der Waals surface area contributed by atoms with E-state index in [-0.39, 0.29) is 5.82 Å². The van der Waals surface area contributed by atoms with E-state index in [4.69, 9.17) is 0 Å². The Hall–Kier alpha value is -2.47. The molecule has 5 nitrogen and oxygen atoms in total. The normalized spacial score (nSPS) is 12.5. The van der Waals surface area contributed by atoms with Crippen molar-refractivity contribution in [3.05, 3.63) is 66.5 Å². The van der Waals surface area contributed by atoms with E-state index in [0.29, 0.717) is 6.04 Å². The molecule has 0 amide bonds. The van der Waals surface area contributed by atoms with E-state index in [2.05, 4.69) is 22.4 Å². The van der Waals surface area contributed by atoms with E-state index < -0.39 is 0 Å². The van der Waals surface area contributed by atoms with Crippen LogP contribution in [-0.4, -0.2) is 25.6 Å². The Morgan fingerprint density at radius 1 is 1.23 bits per heavy atom. The van der Waals surface area contributed by atoms with Gasteiger partial charge in [-0.2, -0.15) is 10.2 Å². The van der Waals surface area contributed by atoms with Gasteiger partial charge in [-0.05, 0) is 37.3 Å². The zero-order chi connectivity index (χ0) is 15.4. The van der Waals surface area contributed by atoms with Crippen LogP contribution in [0.2, 0.25) is 0 Å². The Labute approximate surface area is 128 Å². The van der Waals surface area contributed by atoms with Crippen molar-refractivity contribution >= 4 is 0 Å². The van der Waals surface area contributed by atoms with E-state index in [1.807, 2.05) is 29.3 Å². The molecule has 0 aliphatic heterocycles. The average Bonchev–Trinajstić information content (AvgIpc) is 3.17. The van der Waals surface area contributed by atoms with Gasteiger partial charge >= 0.3 is 0 Å². The van der Waals surface area contributed by atoms with Crippen LogP contribution >= 0.6 is 0 Å². The van der Waals surface area contributed by atoms with E-state index in [1.165, 1.54) is 12.1 Å². The summed E-state index contributed by atoms with van der Waals surface area (Å²) >= 11 is 0. The van der Waals surface area contributed by atoms with Crippen LogP contribution in [0.3, 0.4) is 0 Å². The number of nitrogens with one attached hydrogen (secondary N) is 1. The van der Waals surface area contributed by atoms with E-state index >= 15 is 0 Å². The van der Waals surface area contributed by atoms with Gasteiger partial charge in [0.05, 0.1) is 18.4 Å². The number of hydrogen-bond acceptors (Lipinski definition) is 3. The second kappa shape index (κ2) is 6.53. The van der Waals surface area contributed by atoms with Crippen molar-refractivity contribution in [1.82, 2.24) is 24.9 Å². The Morgan fingerprint density at radius 3 is 2.77 bits per heavy atom. The fourth-order valence-corrected chi connectivity index (χ4v) is 2.23. The predicted octanol–water partition coefficient (Wildman–Crippen LogP) is 2.39. The fraction of sp³-hybridized carbons (Fsp3) is 0.250. The summed E-state index contributed by atoms with van der Waals surface area (Å²) in [5, 5.41) is 11.9. The van der Waals surface area contributed by atoms with Crippen LogP contribution in [0.15, 0.2) is 55.1 Å². The van der Waals surface area contributed by atoms with Crippen LogP contribution < -0.4 is 5.32 Å². The molecule has 2 heterocycles. The van der Waals surface area contributed by atoms with Gasteiger partial charge in [-0.3, -0.25) is 4.68 Å². The summed E-state index contributed by atoms with van der Waals surface area (Å²) in [5.74, 6) is -0.245. The molecule has 0 unspecified atom stereocenters. The molecule has 0 aliphatic rings. The van der Waals surface area contributed by atoms with Crippen molar-refractivity contribution < 1.29 is 4.39 Å². The van der Waals surface area contributed by atoms with Crippen molar-refractivity contribution in [3.8, 4) is 5.69 Å². The Bertz CT molecular complexity index is 702. The highest BCUT2D eigenvalue weighted by Crippen LogP contribution is 2.09. The first-order chi connectivity index (χ1) is 10.7. The maximum absolute atomic E-state index is 12.9. The zero-order valence-electron chi connectivity index (χ0n) is 12.4. The molecule has 0 saturated carbocycles. The van der Waals surface area contributed by atoms with Gasteiger partial charge in [0.15, 0.2) is 0 Å². The van der Waals surface area contributed by atoms with Gasteiger partial charge in [0.1, 0.15) is 5.82 Å². The largest absolute Gasteiger partial charge is 0.308 e. The van der Waals surface area contributed by atoms with Gasteiger partial charge in [-0.15, -0.1) is 0 Å². The topological polar surface area (TPSA) is 47.7 Å². The highest BCUT2D eigenvalue weighted by Gasteiger charge is 2.05. The third-order valence-corrected chi connectivity index (χ3v) is 3.40. The lowest BCUT2D eigenvalue weighted by molar-refractivity contribution is 0.451. The number of rotatable bonds is 6. The first-order valence-electron chi connectivity index (χ1n) is 7.21. The first kappa shape index (κ1) is 14.5. The van der Waals surface area contributed by atoms with Crippen LogP contribution in [0.1, 0.15) is 12.5 Å². The summed E-state index contributed by atoms with van der Waals surface area (Å²) in [6, 6.07) is 8.50. The molecular weight excluding hydrogens is 281 g/mol. The van der Waals surface area contributed by atoms with E-state index in [9.17, 15) is 4.39 Å². The fourth-order valence-electron chi connectivity index (χ4n) is 2.23. The molecule has 1 atom stereocenters. The molecule has 0 bridgehead atoms. The Balaban J connectivity index is 1.56. The minimum atomic E-state index is -0.245. The number of halogens is 1. The van der Waals surface area contributed by atoms with Crippen molar-refractivity contribution in [2.75, 3.05) is 0 Å². The standard InChI is InChI=1S/C16H18FN5/c1-13(11-21-8-2-7-19-21)18-9-14-10-20-22(12-14)16-5-3-15(17)4-6-16/h2-8,10,12-13,18H,9,11H2,1H3/t13-/m0/s1. The summed E-state index contributed by atoms with van der Waals surface area (Å²) in [7, 11) is 0. The molecule has 114 valence electrons. The van der Waals surface area contributed by atoms with E-state index in [1.54, 1.807) is 23.0 Å². The lowest BCUT2D eigenvalue weighted by atomic mass is 10.3. The minimum absolute atomic E-state index is 0.245. The van der Waals surface area contributed by atoms with Gasteiger partial charge in [0.25, 0.3) is 0 Å². The summed E-state index contributed by atoms with van der Waals surface area (Å²) in [4.78, 5) is 0. The van der Waals surface area contributed by atoms with Crippen LogP contribution in [-0.2, 0) is 13.1 Å². The van der Waals surface area contributed by atoms with Gasteiger partial charge in [0, 0.05) is 36.7 Å². The lowest BCUT2D eigenvalue weighted by Crippen LogP contribution is -2.30.